The lowest BCUT2D eigenvalue weighted by atomic mass is 10.2. The number of hydrogen-bond acceptors (Lipinski definition) is 4. The van der Waals surface area contributed by atoms with Gasteiger partial charge in [-0.25, -0.2) is 4.79 Å². The molecule has 18 heavy (non-hydrogen) atoms. The largest absolute Gasteiger partial charge is 0.480 e. The Bertz CT molecular complexity index is 280. The van der Waals surface area contributed by atoms with Crippen LogP contribution in [0.15, 0.2) is 0 Å². The number of carboxylic acid groups (broad SMARTS) is 1. The van der Waals surface area contributed by atoms with Crippen molar-refractivity contribution in [1.82, 2.24) is 10.6 Å². The summed E-state index contributed by atoms with van der Waals surface area (Å²) in [5.41, 5.74) is 0. The topological polar surface area (TPSA) is 78.4 Å². The Labute approximate surface area is 112 Å². The Morgan fingerprint density at radius 1 is 1.44 bits per heavy atom. The molecule has 0 aromatic carbocycles. The molecule has 0 bridgehead atoms. The number of carboxylic acids is 1. The maximum absolute atomic E-state index is 11.7. The highest BCUT2D eigenvalue weighted by Crippen LogP contribution is 2.19. The maximum atomic E-state index is 11.7. The number of nitrogens with one attached hydrogen (secondary N) is 2. The normalized spacial score (nSPS) is 18.3. The van der Waals surface area contributed by atoms with E-state index in [1.165, 1.54) is 0 Å². The van der Waals surface area contributed by atoms with E-state index in [0.717, 1.165) is 32.4 Å². The molecule has 3 N–H and O–H groups in total. The molecule has 5 nitrogen and oxygen atoms in total. The van der Waals surface area contributed by atoms with E-state index in [1.807, 2.05) is 6.92 Å². The highest BCUT2D eigenvalue weighted by molar-refractivity contribution is 8.00. The maximum Gasteiger partial charge on any atom is 0.326 e. The molecular weight excluding hydrogens is 252 g/mol. The number of carbonyl (C=O) groups is 2. The number of hydrogen-bond donors (Lipinski definition) is 3. The first-order valence-corrected chi connectivity index (χ1v) is 7.52. The fourth-order valence-electron chi connectivity index (χ4n) is 1.94. The van der Waals surface area contributed by atoms with Crippen LogP contribution in [0.2, 0.25) is 0 Å². The molecule has 0 aromatic heterocycles. The monoisotopic (exact) mass is 274 g/mol. The molecule has 6 heteroatoms. The Morgan fingerprint density at radius 2 is 2.11 bits per heavy atom. The van der Waals surface area contributed by atoms with E-state index in [1.54, 1.807) is 11.8 Å². The van der Waals surface area contributed by atoms with Gasteiger partial charge in [0.2, 0.25) is 5.91 Å². The molecule has 1 aliphatic rings. The third kappa shape index (κ3) is 5.73. The summed E-state index contributed by atoms with van der Waals surface area (Å²) in [6.45, 7) is 3.92. The quantitative estimate of drug-likeness (QED) is 0.641. The van der Waals surface area contributed by atoms with Crippen molar-refractivity contribution in [2.24, 2.45) is 0 Å². The zero-order chi connectivity index (χ0) is 13.4. The molecule has 1 saturated heterocycles. The van der Waals surface area contributed by atoms with Gasteiger partial charge in [0.1, 0.15) is 6.04 Å². The number of amides is 1. The average Bonchev–Trinajstić information content (AvgIpc) is 2.37. The van der Waals surface area contributed by atoms with E-state index in [4.69, 9.17) is 5.11 Å². The summed E-state index contributed by atoms with van der Waals surface area (Å²) in [4.78, 5) is 22.6. The van der Waals surface area contributed by atoms with Gasteiger partial charge >= 0.3 is 5.97 Å². The first kappa shape index (κ1) is 15.3. The molecule has 1 amide bonds. The molecule has 0 saturated carbocycles. The molecular formula is C12H22N2O3S. The Balaban J connectivity index is 2.24. The van der Waals surface area contributed by atoms with Crippen LogP contribution < -0.4 is 10.6 Å². The predicted octanol–water partition coefficient (Wildman–Crippen LogP) is 0.841. The summed E-state index contributed by atoms with van der Waals surface area (Å²) in [5.74, 6) is -0.755. The van der Waals surface area contributed by atoms with Gasteiger partial charge in [0.05, 0.1) is 5.75 Å². The molecule has 104 valence electrons. The summed E-state index contributed by atoms with van der Waals surface area (Å²) in [6.07, 6.45) is 3.39. The minimum atomic E-state index is -0.947. The van der Waals surface area contributed by atoms with Crippen LogP contribution in [0.25, 0.3) is 0 Å². The summed E-state index contributed by atoms with van der Waals surface area (Å²) >= 11 is 1.63. The summed E-state index contributed by atoms with van der Waals surface area (Å²) in [7, 11) is 0. The Hall–Kier alpha value is -0.750. The van der Waals surface area contributed by atoms with Gasteiger partial charge in [-0.2, -0.15) is 0 Å². The second kappa shape index (κ2) is 8.37. The summed E-state index contributed by atoms with van der Waals surface area (Å²) < 4.78 is 0. The zero-order valence-corrected chi connectivity index (χ0v) is 11.6. The van der Waals surface area contributed by atoms with E-state index in [-0.39, 0.29) is 5.91 Å². The van der Waals surface area contributed by atoms with Crippen molar-refractivity contribution in [2.75, 3.05) is 18.8 Å². The highest BCUT2D eigenvalue weighted by atomic mass is 32.2. The second-order valence-corrected chi connectivity index (χ2v) is 5.80. The first-order chi connectivity index (χ1) is 8.63. The van der Waals surface area contributed by atoms with Gasteiger partial charge in [-0.3, -0.25) is 4.79 Å². The molecule has 1 fully saturated rings. The molecule has 1 rings (SSSR count). The van der Waals surface area contributed by atoms with Gasteiger partial charge in [0.15, 0.2) is 0 Å². The third-order valence-electron chi connectivity index (χ3n) is 2.95. The molecule has 1 atom stereocenters. The molecule has 1 aliphatic heterocycles. The Kier molecular flexibility index (Phi) is 7.12. The zero-order valence-electron chi connectivity index (χ0n) is 10.8. The average molecular weight is 274 g/mol. The van der Waals surface area contributed by atoms with E-state index >= 15 is 0 Å². The summed E-state index contributed by atoms with van der Waals surface area (Å²) in [5, 5.41) is 15.3. The number of piperidine rings is 1. The lowest BCUT2D eigenvalue weighted by molar-refractivity contribution is -0.141. The first-order valence-electron chi connectivity index (χ1n) is 6.48. The van der Waals surface area contributed by atoms with Crippen molar-refractivity contribution in [3.63, 3.8) is 0 Å². The van der Waals surface area contributed by atoms with Crippen LogP contribution in [0.1, 0.15) is 32.6 Å². The van der Waals surface area contributed by atoms with Gasteiger partial charge in [-0.1, -0.05) is 13.3 Å². The fraction of sp³-hybridized carbons (Fsp3) is 0.833. The van der Waals surface area contributed by atoms with E-state index in [0.29, 0.717) is 17.4 Å². The predicted molar refractivity (Wildman–Crippen MR) is 72.8 cm³/mol. The highest BCUT2D eigenvalue weighted by Gasteiger charge is 2.20. The molecule has 1 heterocycles. The minimum absolute atomic E-state index is 0.167. The van der Waals surface area contributed by atoms with Crippen LogP contribution in [0.4, 0.5) is 0 Å². The summed E-state index contributed by atoms with van der Waals surface area (Å²) in [6, 6.07) is -0.740. The molecule has 0 aliphatic carbocycles. The van der Waals surface area contributed by atoms with Gasteiger partial charge in [-0.05, 0) is 32.4 Å². The van der Waals surface area contributed by atoms with Crippen molar-refractivity contribution < 1.29 is 14.7 Å². The van der Waals surface area contributed by atoms with Crippen LogP contribution in [-0.2, 0) is 9.59 Å². The van der Waals surface area contributed by atoms with E-state index in [2.05, 4.69) is 10.6 Å². The van der Waals surface area contributed by atoms with Crippen molar-refractivity contribution in [1.29, 1.82) is 0 Å². The van der Waals surface area contributed by atoms with E-state index < -0.39 is 12.0 Å². The van der Waals surface area contributed by atoms with Crippen LogP contribution in [0.3, 0.4) is 0 Å². The van der Waals surface area contributed by atoms with Crippen LogP contribution in [0.5, 0.6) is 0 Å². The second-order valence-electron chi connectivity index (χ2n) is 4.51. The molecule has 0 spiro atoms. The molecule has 0 unspecified atom stereocenters. The van der Waals surface area contributed by atoms with Crippen LogP contribution in [-0.4, -0.2) is 47.1 Å². The lowest BCUT2D eigenvalue weighted by Crippen LogP contribution is -2.42. The van der Waals surface area contributed by atoms with Gasteiger partial charge in [-0.15, -0.1) is 11.8 Å². The van der Waals surface area contributed by atoms with Crippen LogP contribution >= 0.6 is 11.8 Å². The smallest absolute Gasteiger partial charge is 0.326 e. The van der Waals surface area contributed by atoms with Crippen molar-refractivity contribution in [3.8, 4) is 0 Å². The third-order valence-corrected chi connectivity index (χ3v) is 4.32. The molecule has 0 radical (unpaired) electrons. The Morgan fingerprint density at radius 3 is 2.67 bits per heavy atom. The number of carbonyl (C=O) groups excluding carboxylic acids is 1. The van der Waals surface area contributed by atoms with Crippen molar-refractivity contribution >= 4 is 23.6 Å². The van der Waals surface area contributed by atoms with Crippen molar-refractivity contribution in [3.05, 3.63) is 0 Å². The molecule has 0 aromatic rings. The number of rotatable bonds is 7. The fourth-order valence-corrected chi connectivity index (χ4v) is 2.98. The van der Waals surface area contributed by atoms with Crippen LogP contribution in [0, 0.1) is 0 Å². The van der Waals surface area contributed by atoms with E-state index in [9.17, 15) is 9.59 Å². The minimum Gasteiger partial charge on any atom is -0.480 e. The van der Waals surface area contributed by atoms with Crippen molar-refractivity contribution in [2.45, 2.75) is 43.9 Å². The number of aliphatic carboxylic acids is 1. The number of thioether (sulfide) groups is 1. The SMILES string of the molecule is CCC[C@@H](NC(=O)CSC1CCNCC1)C(=O)O. The van der Waals surface area contributed by atoms with Gasteiger partial charge in [0.25, 0.3) is 0 Å². The van der Waals surface area contributed by atoms with Gasteiger partial charge < -0.3 is 15.7 Å². The lowest BCUT2D eigenvalue weighted by Gasteiger charge is -2.22. The van der Waals surface area contributed by atoms with Gasteiger partial charge in [0, 0.05) is 5.25 Å². The standard InChI is InChI=1S/C12H22N2O3S/c1-2-3-10(12(16)17)14-11(15)8-18-9-4-6-13-7-5-9/h9-10,13H,2-8H2,1H3,(H,14,15)(H,16,17)/t10-/m1/s1.